The fourth-order valence-corrected chi connectivity index (χ4v) is 4.26. The molecule has 2 rings (SSSR count). The lowest BCUT2D eigenvalue weighted by Crippen LogP contribution is -2.37. The molecular weight excluding hydrogens is 266 g/mol. The van der Waals surface area contributed by atoms with Crippen molar-refractivity contribution in [1.82, 2.24) is 13.9 Å². The van der Waals surface area contributed by atoms with Crippen molar-refractivity contribution in [3.05, 3.63) is 12.0 Å². The van der Waals surface area contributed by atoms with Crippen LogP contribution in [-0.2, 0) is 17.1 Å². The lowest BCUT2D eigenvalue weighted by atomic mass is 10.1. The number of rotatable bonds is 4. The Kier molecular flexibility index (Phi) is 3.98. The van der Waals surface area contributed by atoms with Gasteiger partial charge in [-0.15, -0.1) is 0 Å². The zero-order valence-electron chi connectivity index (χ0n) is 11.6. The third kappa shape index (κ3) is 2.82. The van der Waals surface area contributed by atoms with Crippen molar-refractivity contribution in [3.63, 3.8) is 0 Å². The van der Waals surface area contributed by atoms with Gasteiger partial charge in [0.25, 0.3) is 10.0 Å². The molecule has 108 valence electrons. The number of imidazole rings is 1. The standard InChI is InChI=1S/C12H21N3O3S/c1-9(16)7-11-5-4-6-15(11)19(17,18)12-8-14(3)10(2)13-12/h8-9,11,16H,4-7H2,1-3H3. The van der Waals surface area contributed by atoms with E-state index in [0.29, 0.717) is 18.8 Å². The SMILES string of the molecule is Cc1nc(S(=O)(=O)N2CCCC2CC(C)O)cn1C. The molecule has 2 heterocycles. The van der Waals surface area contributed by atoms with E-state index in [2.05, 4.69) is 4.98 Å². The predicted molar refractivity (Wildman–Crippen MR) is 71.2 cm³/mol. The molecule has 6 nitrogen and oxygen atoms in total. The molecule has 0 amide bonds. The van der Waals surface area contributed by atoms with Crippen molar-refractivity contribution in [2.24, 2.45) is 7.05 Å². The summed E-state index contributed by atoms with van der Waals surface area (Å²) in [5.74, 6) is 0.671. The maximum atomic E-state index is 12.6. The highest BCUT2D eigenvalue weighted by Gasteiger charge is 2.37. The van der Waals surface area contributed by atoms with E-state index in [1.807, 2.05) is 0 Å². The summed E-state index contributed by atoms with van der Waals surface area (Å²) in [5, 5.41) is 9.58. The molecule has 1 fully saturated rings. The van der Waals surface area contributed by atoms with Gasteiger partial charge in [0.05, 0.1) is 6.10 Å². The van der Waals surface area contributed by atoms with Crippen LogP contribution in [0.15, 0.2) is 11.2 Å². The number of hydrogen-bond acceptors (Lipinski definition) is 4. The maximum absolute atomic E-state index is 12.6. The lowest BCUT2D eigenvalue weighted by molar-refractivity contribution is 0.157. The molecule has 1 aliphatic heterocycles. The zero-order valence-corrected chi connectivity index (χ0v) is 12.4. The first-order chi connectivity index (χ1) is 8.82. The van der Waals surface area contributed by atoms with Gasteiger partial charge in [0, 0.05) is 25.8 Å². The Morgan fingerprint density at radius 3 is 2.79 bits per heavy atom. The highest BCUT2D eigenvalue weighted by molar-refractivity contribution is 7.89. The highest BCUT2D eigenvalue weighted by Crippen LogP contribution is 2.28. The molecule has 0 bridgehead atoms. The predicted octanol–water partition coefficient (Wildman–Crippen LogP) is 0.653. The smallest absolute Gasteiger partial charge is 0.262 e. The third-order valence-electron chi connectivity index (χ3n) is 3.60. The van der Waals surface area contributed by atoms with Gasteiger partial charge in [-0.05, 0) is 33.1 Å². The van der Waals surface area contributed by atoms with Gasteiger partial charge in [0.15, 0.2) is 5.03 Å². The molecule has 1 saturated heterocycles. The number of nitrogens with zero attached hydrogens (tertiary/aromatic N) is 3. The summed E-state index contributed by atoms with van der Waals surface area (Å²) >= 11 is 0. The first kappa shape index (κ1) is 14.5. The van der Waals surface area contributed by atoms with Crippen molar-refractivity contribution in [1.29, 1.82) is 0 Å². The Morgan fingerprint density at radius 1 is 1.58 bits per heavy atom. The van der Waals surface area contributed by atoms with Crippen molar-refractivity contribution < 1.29 is 13.5 Å². The van der Waals surface area contributed by atoms with E-state index in [1.54, 1.807) is 31.7 Å². The summed E-state index contributed by atoms with van der Waals surface area (Å²) in [4.78, 5) is 4.11. The van der Waals surface area contributed by atoms with Gasteiger partial charge in [0.1, 0.15) is 5.82 Å². The second kappa shape index (κ2) is 5.22. The van der Waals surface area contributed by atoms with Crippen LogP contribution in [0, 0.1) is 6.92 Å². The van der Waals surface area contributed by atoms with Crippen LogP contribution in [-0.4, -0.2) is 46.1 Å². The van der Waals surface area contributed by atoms with Gasteiger partial charge in [-0.2, -0.15) is 4.31 Å². The van der Waals surface area contributed by atoms with Crippen molar-refractivity contribution >= 4 is 10.0 Å². The van der Waals surface area contributed by atoms with Gasteiger partial charge >= 0.3 is 0 Å². The first-order valence-corrected chi connectivity index (χ1v) is 7.96. The molecule has 2 atom stereocenters. The van der Waals surface area contributed by atoms with Gasteiger partial charge in [0.2, 0.25) is 0 Å². The van der Waals surface area contributed by atoms with Gasteiger partial charge in [-0.3, -0.25) is 0 Å². The van der Waals surface area contributed by atoms with Crippen LogP contribution in [0.25, 0.3) is 0 Å². The highest BCUT2D eigenvalue weighted by atomic mass is 32.2. The molecule has 1 N–H and O–H groups in total. The Bertz CT molecular complexity index is 531. The van der Waals surface area contributed by atoms with Gasteiger partial charge in [-0.25, -0.2) is 13.4 Å². The van der Waals surface area contributed by atoms with Crippen molar-refractivity contribution in [3.8, 4) is 0 Å². The van der Waals surface area contributed by atoms with E-state index in [4.69, 9.17) is 0 Å². The number of hydrogen-bond donors (Lipinski definition) is 1. The van der Waals surface area contributed by atoms with E-state index in [-0.39, 0.29) is 11.1 Å². The maximum Gasteiger partial charge on any atom is 0.262 e. The van der Waals surface area contributed by atoms with Crippen LogP contribution in [0.2, 0.25) is 0 Å². The Labute approximate surface area is 114 Å². The van der Waals surface area contributed by atoms with Gasteiger partial charge < -0.3 is 9.67 Å². The molecule has 2 unspecified atom stereocenters. The van der Waals surface area contributed by atoms with Crippen LogP contribution in [0.4, 0.5) is 0 Å². The van der Waals surface area contributed by atoms with Crippen molar-refractivity contribution in [2.75, 3.05) is 6.54 Å². The van der Waals surface area contributed by atoms with Crippen LogP contribution in [0.3, 0.4) is 0 Å². The largest absolute Gasteiger partial charge is 0.393 e. The minimum Gasteiger partial charge on any atom is -0.393 e. The monoisotopic (exact) mass is 287 g/mol. The fraction of sp³-hybridized carbons (Fsp3) is 0.750. The normalized spacial score (nSPS) is 22.8. The molecule has 0 saturated carbocycles. The summed E-state index contributed by atoms with van der Waals surface area (Å²) in [6, 6.07) is -0.118. The Morgan fingerprint density at radius 2 is 2.26 bits per heavy atom. The van der Waals surface area contributed by atoms with E-state index in [1.165, 1.54) is 4.31 Å². The van der Waals surface area contributed by atoms with E-state index >= 15 is 0 Å². The molecule has 0 aliphatic carbocycles. The van der Waals surface area contributed by atoms with E-state index in [9.17, 15) is 13.5 Å². The number of sulfonamides is 1. The van der Waals surface area contributed by atoms with Gasteiger partial charge in [-0.1, -0.05) is 0 Å². The summed E-state index contributed by atoms with van der Waals surface area (Å²) in [6.07, 6.45) is 3.16. The number of aromatic nitrogens is 2. The molecule has 1 aliphatic rings. The quantitative estimate of drug-likeness (QED) is 0.882. The molecule has 0 aromatic carbocycles. The summed E-state index contributed by atoms with van der Waals surface area (Å²) < 4.78 is 28.3. The number of aryl methyl sites for hydroxylation is 2. The molecule has 0 radical (unpaired) electrons. The van der Waals surface area contributed by atoms with Crippen LogP contribution in [0.5, 0.6) is 0 Å². The molecule has 1 aromatic rings. The second-order valence-corrected chi connectivity index (χ2v) is 7.07. The number of aliphatic hydroxyl groups is 1. The Balaban J connectivity index is 2.28. The molecule has 19 heavy (non-hydrogen) atoms. The topological polar surface area (TPSA) is 75.4 Å². The molecule has 7 heteroatoms. The zero-order chi connectivity index (χ0) is 14.2. The molecular formula is C12H21N3O3S. The minimum absolute atomic E-state index is 0.102. The Hall–Kier alpha value is -0.920. The third-order valence-corrected chi connectivity index (χ3v) is 5.42. The van der Waals surface area contributed by atoms with Crippen LogP contribution in [0.1, 0.15) is 32.0 Å². The average Bonchev–Trinajstić information content (AvgIpc) is 2.87. The van der Waals surface area contributed by atoms with E-state index in [0.717, 1.165) is 12.8 Å². The van der Waals surface area contributed by atoms with E-state index < -0.39 is 16.1 Å². The van der Waals surface area contributed by atoms with Crippen LogP contribution < -0.4 is 0 Å². The average molecular weight is 287 g/mol. The molecule has 0 spiro atoms. The second-order valence-electron chi connectivity index (χ2n) is 5.23. The number of aliphatic hydroxyl groups excluding tert-OH is 1. The van der Waals surface area contributed by atoms with Crippen molar-refractivity contribution in [2.45, 2.75) is 50.3 Å². The fourth-order valence-electron chi connectivity index (χ4n) is 2.53. The summed E-state index contributed by atoms with van der Waals surface area (Å²) in [6.45, 7) is 3.97. The minimum atomic E-state index is -3.54. The summed E-state index contributed by atoms with van der Waals surface area (Å²) in [5.41, 5.74) is 0. The van der Waals surface area contributed by atoms with Crippen LogP contribution >= 0.6 is 0 Å². The molecule has 1 aromatic heterocycles. The summed E-state index contributed by atoms with van der Waals surface area (Å²) in [7, 11) is -1.77. The first-order valence-electron chi connectivity index (χ1n) is 6.52. The lowest BCUT2D eigenvalue weighted by Gasteiger charge is -2.23.